The molecule has 0 radical (unpaired) electrons. The minimum atomic E-state index is -0.466. The van der Waals surface area contributed by atoms with Gasteiger partial charge in [0.25, 0.3) is 5.91 Å². The van der Waals surface area contributed by atoms with Crippen LogP contribution in [-0.2, 0) is 4.74 Å². The Morgan fingerprint density at radius 2 is 1.69 bits per heavy atom. The predicted octanol–water partition coefficient (Wildman–Crippen LogP) is 2.20. The summed E-state index contributed by atoms with van der Waals surface area (Å²) in [7, 11) is 0. The predicted molar refractivity (Wildman–Crippen MR) is 95.5 cm³/mol. The van der Waals surface area contributed by atoms with Crippen molar-refractivity contribution in [1.29, 1.82) is 0 Å². The van der Waals surface area contributed by atoms with Crippen molar-refractivity contribution in [1.82, 2.24) is 14.7 Å². The third-order valence-electron chi connectivity index (χ3n) is 5.21. The summed E-state index contributed by atoms with van der Waals surface area (Å²) in [6.45, 7) is 6.39. The van der Waals surface area contributed by atoms with E-state index in [1.165, 1.54) is 12.1 Å². The molecule has 0 bridgehead atoms. The molecule has 2 aliphatic heterocycles. The summed E-state index contributed by atoms with van der Waals surface area (Å²) < 4.78 is 18.9. The molecule has 6 nitrogen and oxygen atoms in total. The molecule has 0 aliphatic carbocycles. The average molecular weight is 363 g/mol. The van der Waals surface area contributed by atoms with Crippen molar-refractivity contribution in [3.05, 3.63) is 35.6 Å². The first-order chi connectivity index (χ1) is 12.6. The van der Waals surface area contributed by atoms with Crippen LogP contribution >= 0.6 is 0 Å². The summed E-state index contributed by atoms with van der Waals surface area (Å²) in [6.07, 6.45) is 1.60. The topological polar surface area (TPSA) is 53.1 Å². The largest absolute Gasteiger partial charge is 0.450 e. The Balaban J connectivity index is 1.48. The Morgan fingerprint density at radius 1 is 1.04 bits per heavy atom. The molecular formula is C19H26FN3O3. The van der Waals surface area contributed by atoms with Crippen molar-refractivity contribution in [3.8, 4) is 0 Å². The molecule has 142 valence electrons. The van der Waals surface area contributed by atoms with Crippen LogP contribution in [0, 0.1) is 5.82 Å². The molecule has 1 aromatic carbocycles. The molecule has 1 aromatic rings. The third kappa shape index (κ3) is 4.15. The van der Waals surface area contributed by atoms with Gasteiger partial charge in [0.05, 0.1) is 12.2 Å². The Kier molecular flexibility index (Phi) is 6.08. The average Bonchev–Trinajstić information content (AvgIpc) is 2.68. The van der Waals surface area contributed by atoms with E-state index in [2.05, 4.69) is 4.90 Å². The van der Waals surface area contributed by atoms with Gasteiger partial charge in [-0.15, -0.1) is 0 Å². The fraction of sp³-hybridized carbons (Fsp3) is 0.579. The molecule has 2 saturated heterocycles. The van der Waals surface area contributed by atoms with E-state index < -0.39 is 5.82 Å². The number of halogens is 1. The van der Waals surface area contributed by atoms with Gasteiger partial charge in [-0.2, -0.15) is 0 Å². The van der Waals surface area contributed by atoms with Gasteiger partial charge >= 0.3 is 6.09 Å². The molecule has 2 amide bonds. The number of rotatable bonds is 3. The zero-order chi connectivity index (χ0) is 18.5. The molecule has 0 N–H and O–H groups in total. The van der Waals surface area contributed by atoms with E-state index in [4.69, 9.17) is 4.74 Å². The molecule has 0 atom stereocenters. The first-order valence-corrected chi connectivity index (χ1v) is 9.29. The van der Waals surface area contributed by atoms with Crippen molar-refractivity contribution < 1.29 is 18.7 Å². The van der Waals surface area contributed by atoms with Crippen LogP contribution < -0.4 is 0 Å². The molecule has 2 aliphatic rings. The second kappa shape index (κ2) is 8.49. The number of benzene rings is 1. The lowest BCUT2D eigenvalue weighted by Crippen LogP contribution is -2.54. The van der Waals surface area contributed by atoms with Gasteiger partial charge in [-0.05, 0) is 31.9 Å². The maximum atomic E-state index is 13.8. The maximum absolute atomic E-state index is 13.8. The van der Waals surface area contributed by atoms with Gasteiger partial charge in [-0.1, -0.05) is 12.1 Å². The highest BCUT2D eigenvalue weighted by Crippen LogP contribution is 2.20. The molecule has 0 saturated carbocycles. The summed E-state index contributed by atoms with van der Waals surface area (Å²) in [5.74, 6) is -0.703. The molecule has 2 heterocycles. The fourth-order valence-corrected chi connectivity index (χ4v) is 3.72. The van der Waals surface area contributed by atoms with Gasteiger partial charge in [-0.25, -0.2) is 9.18 Å². The van der Waals surface area contributed by atoms with Crippen LogP contribution in [0.25, 0.3) is 0 Å². The number of carbonyl (C=O) groups is 2. The number of hydrogen-bond acceptors (Lipinski definition) is 4. The van der Waals surface area contributed by atoms with E-state index in [0.29, 0.717) is 38.8 Å². The third-order valence-corrected chi connectivity index (χ3v) is 5.21. The van der Waals surface area contributed by atoms with Crippen LogP contribution in [0.2, 0.25) is 0 Å². The summed E-state index contributed by atoms with van der Waals surface area (Å²) in [4.78, 5) is 30.1. The zero-order valence-electron chi connectivity index (χ0n) is 15.2. The van der Waals surface area contributed by atoms with Crippen molar-refractivity contribution >= 4 is 12.0 Å². The minimum Gasteiger partial charge on any atom is -0.450 e. The maximum Gasteiger partial charge on any atom is 0.409 e. The van der Waals surface area contributed by atoms with E-state index in [1.54, 1.807) is 21.9 Å². The van der Waals surface area contributed by atoms with E-state index in [0.717, 1.165) is 25.9 Å². The Hall–Kier alpha value is -2.15. The summed E-state index contributed by atoms with van der Waals surface area (Å²) in [5.41, 5.74) is 0.142. The number of ether oxygens (including phenoxy) is 1. The highest BCUT2D eigenvalue weighted by molar-refractivity contribution is 5.94. The Morgan fingerprint density at radius 3 is 2.31 bits per heavy atom. The molecule has 0 spiro atoms. The smallest absolute Gasteiger partial charge is 0.409 e. The second-order valence-electron chi connectivity index (χ2n) is 6.73. The van der Waals surface area contributed by atoms with E-state index in [9.17, 15) is 14.0 Å². The fourth-order valence-electron chi connectivity index (χ4n) is 3.72. The number of hydrogen-bond donors (Lipinski definition) is 0. The summed E-state index contributed by atoms with van der Waals surface area (Å²) >= 11 is 0. The van der Waals surface area contributed by atoms with Crippen molar-refractivity contribution in [3.63, 3.8) is 0 Å². The molecule has 0 aromatic heterocycles. The van der Waals surface area contributed by atoms with Crippen LogP contribution in [0.15, 0.2) is 24.3 Å². The highest BCUT2D eigenvalue weighted by Gasteiger charge is 2.31. The van der Waals surface area contributed by atoms with Crippen molar-refractivity contribution in [2.75, 3.05) is 45.9 Å². The van der Waals surface area contributed by atoms with E-state index >= 15 is 0 Å². The van der Waals surface area contributed by atoms with Crippen LogP contribution in [0.3, 0.4) is 0 Å². The minimum absolute atomic E-state index is 0.142. The number of amides is 2. The molecule has 0 unspecified atom stereocenters. The van der Waals surface area contributed by atoms with E-state index in [-0.39, 0.29) is 17.6 Å². The monoisotopic (exact) mass is 363 g/mol. The van der Waals surface area contributed by atoms with Crippen LogP contribution in [0.5, 0.6) is 0 Å². The number of carbonyl (C=O) groups excluding carboxylic acids is 2. The van der Waals surface area contributed by atoms with Crippen LogP contribution in [-0.4, -0.2) is 78.6 Å². The van der Waals surface area contributed by atoms with Gasteiger partial charge in [0.2, 0.25) is 0 Å². The lowest BCUT2D eigenvalue weighted by Gasteiger charge is -2.42. The first kappa shape index (κ1) is 18.6. The lowest BCUT2D eigenvalue weighted by atomic mass is 10.0. The SMILES string of the molecule is CCOC(=O)N1CCC(N2CCN(C(=O)c3ccccc3F)CC2)CC1. The highest BCUT2D eigenvalue weighted by atomic mass is 19.1. The van der Waals surface area contributed by atoms with Crippen molar-refractivity contribution in [2.45, 2.75) is 25.8 Å². The first-order valence-electron chi connectivity index (χ1n) is 9.29. The van der Waals surface area contributed by atoms with E-state index in [1.807, 2.05) is 6.92 Å². The normalized spacial score (nSPS) is 19.5. The summed E-state index contributed by atoms with van der Waals surface area (Å²) in [6, 6.07) is 6.55. The number of piperidine rings is 1. The molecule has 26 heavy (non-hydrogen) atoms. The van der Waals surface area contributed by atoms with Gasteiger partial charge in [-0.3, -0.25) is 9.69 Å². The molecule has 2 fully saturated rings. The van der Waals surface area contributed by atoms with Gasteiger partial charge in [0.1, 0.15) is 5.82 Å². The van der Waals surface area contributed by atoms with Gasteiger partial charge < -0.3 is 14.5 Å². The quantitative estimate of drug-likeness (QED) is 0.826. The summed E-state index contributed by atoms with van der Waals surface area (Å²) in [5, 5.41) is 0. The van der Waals surface area contributed by atoms with Gasteiger partial charge in [0.15, 0.2) is 0 Å². The zero-order valence-corrected chi connectivity index (χ0v) is 15.2. The standard InChI is InChI=1S/C19H26FN3O3/c1-2-26-19(25)23-9-7-15(8-10-23)21-11-13-22(14-12-21)18(24)16-5-3-4-6-17(16)20/h3-6,15H,2,7-14H2,1H3. The van der Waals surface area contributed by atoms with Crippen LogP contribution in [0.1, 0.15) is 30.1 Å². The van der Waals surface area contributed by atoms with Gasteiger partial charge in [0, 0.05) is 45.3 Å². The Bertz CT molecular complexity index is 639. The Labute approximate surface area is 153 Å². The number of piperazine rings is 1. The van der Waals surface area contributed by atoms with Crippen molar-refractivity contribution in [2.24, 2.45) is 0 Å². The van der Waals surface area contributed by atoms with Crippen LogP contribution in [0.4, 0.5) is 9.18 Å². The molecule has 7 heteroatoms. The lowest BCUT2D eigenvalue weighted by molar-refractivity contribution is 0.0414. The molecule has 3 rings (SSSR count). The molecular weight excluding hydrogens is 337 g/mol. The number of likely N-dealkylation sites (tertiary alicyclic amines) is 1. The number of nitrogens with zero attached hydrogens (tertiary/aromatic N) is 3. The second-order valence-corrected chi connectivity index (χ2v) is 6.73.